The number of nitrogens with zero attached hydrogens (tertiary/aromatic N) is 2. The molecule has 0 aliphatic carbocycles. The molecule has 1 heterocycles. The smallest absolute Gasteiger partial charge is 0.0367 e. The molecular formula is C23H32N2. The molecule has 2 aromatic rings. The van der Waals surface area contributed by atoms with E-state index in [4.69, 9.17) is 0 Å². The standard InChI is InChI=1S/C23H32N2/c1-20(14-15-23(2,3)21-10-6-4-7-11-21)24-16-18-25(19-17-24)22-12-8-5-9-13-22/h4-13,20H,14-19H2,1-3H3. The Morgan fingerprint density at radius 1 is 0.840 bits per heavy atom. The van der Waals surface area contributed by atoms with Crippen molar-refractivity contribution in [1.82, 2.24) is 4.90 Å². The van der Waals surface area contributed by atoms with Gasteiger partial charge in [0.05, 0.1) is 0 Å². The predicted octanol–water partition coefficient (Wildman–Crippen LogP) is 4.96. The molecule has 3 rings (SSSR count). The summed E-state index contributed by atoms with van der Waals surface area (Å²) in [5, 5.41) is 0. The molecule has 1 fully saturated rings. The number of anilines is 1. The summed E-state index contributed by atoms with van der Waals surface area (Å²) >= 11 is 0. The maximum atomic E-state index is 2.67. The zero-order valence-corrected chi connectivity index (χ0v) is 16.0. The van der Waals surface area contributed by atoms with Gasteiger partial charge in [-0.05, 0) is 42.9 Å². The first-order valence-corrected chi connectivity index (χ1v) is 9.66. The minimum atomic E-state index is 0.251. The van der Waals surface area contributed by atoms with Crippen LogP contribution in [0.4, 0.5) is 5.69 Å². The van der Waals surface area contributed by atoms with Crippen LogP contribution in [0.1, 0.15) is 39.2 Å². The van der Waals surface area contributed by atoms with Crippen molar-refractivity contribution in [2.75, 3.05) is 31.1 Å². The van der Waals surface area contributed by atoms with Crippen LogP contribution in [0, 0.1) is 0 Å². The van der Waals surface area contributed by atoms with Crippen molar-refractivity contribution in [3.63, 3.8) is 0 Å². The summed E-state index contributed by atoms with van der Waals surface area (Å²) < 4.78 is 0. The lowest BCUT2D eigenvalue weighted by atomic mass is 9.79. The fourth-order valence-corrected chi connectivity index (χ4v) is 3.85. The van der Waals surface area contributed by atoms with E-state index in [1.54, 1.807) is 0 Å². The van der Waals surface area contributed by atoms with Gasteiger partial charge in [0.1, 0.15) is 0 Å². The molecule has 0 amide bonds. The molecule has 2 aromatic carbocycles. The Bertz CT molecular complexity index is 628. The summed E-state index contributed by atoms with van der Waals surface area (Å²) in [7, 11) is 0. The summed E-state index contributed by atoms with van der Waals surface area (Å²) in [4.78, 5) is 5.18. The van der Waals surface area contributed by atoms with Crippen molar-refractivity contribution in [2.45, 2.75) is 45.1 Å². The van der Waals surface area contributed by atoms with Gasteiger partial charge >= 0.3 is 0 Å². The molecule has 2 heteroatoms. The molecule has 25 heavy (non-hydrogen) atoms. The molecule has 0 saturated carbocycles. The Morgan fingerprint density at radius 3 is 2.00 bits per heavy atom. The molecular weight excluding hydrogens is 304 g/mol. The number of rotatable bonds is 6. The lowest BCUT2D eigenvalue weighted by Crippen LogP contribution is -2.49. The van der Waals surface area contributed by atoms with Crippen molar-refractivity contribution >= 4 is 5.69 Å². The molecule has 1 unspecified atom stereocenters. The van der Waals surface area contributed by atoms with Crippen LogP contribution in [0.3, 0.4) is 0 Å². The van der Waals surface area contributed by atoms with Gasteiger partial charge in [-0.1, -0.05) is 62.4 Å². The summed E-state index contributed by atoms with van der Waals surface area (Å²) in [5.74, 6) is 0. The fourth-order valence-electron chi connectivity index (χ4n) is 3.85. The van der Waals surface area contributed by atoms with E-state index in [1.165, 1.54) is 37.2 Å². The van der Waals surface area contributed by atoms with Gasteiger partial charge < -0.3 is 4.90 Å². The minimum absolute atomic E-state index is 0.251. The Hall–Kier alpha value is -1.80. The molecule has 0 radical (unpaired) electrons. The average molecular weight is 337 g/mol. The van der Waals surface area contributed by atoms with E-state index in [-0.39, 0.29) is 5.41 Å². The number of hydrogen-bond donors (Lipinski definition) is 0. The summed E-state index contributed by atoms with van der Waals surface area (Å²) in [6.07, 6.45) is 2.49. The number of hydrogen-bond acceptors (Lipinski definition) is 2. The second kappa shape index (κ2) is 8.05. The van der Waals surface area contributed by atoms with E-state index in [9.17, 15) is 0 Å². The molecule has 0 spiro atoms. The summed E-state index contributed by atoms with van der Waals surface area (Å²) in [6, 6.07) is 22.4. The number of piperazine rings is 1. The highest BCUT2D eigenvalue weighted by Gasteiger charge is 2.25. The molecule has 0 bridgehead atoms. The minimum Gasteiger partial charge on any atom is -0.369 e. The van der Waals surface area contributed by atoms with Gasteiger partial charge in [-0.2, -0.15) is 0 Å². The lowest BCUT2D eigenvalue weighted by molar-refractivity contribution is 0.179. The van der Waals surface area contributed by atoms with Crippen LogP contribution in [-0.2, 0) is 5.41 Å². The van der Waals surface area contributed by atoms with Gasteiger partial charge in [0, 0.05) is 37.9 Å². The second-order valence-corrected chi connectivity index (χ2v) is 8.00. The molecule has 0 N–H and O–H groups in total. The monoisotopic (exact) mass is 336 g/mol. The average Bonchev–Trinajstić information content (AvgIpc) is 2.68. The number of para-hydroxylation sites is 1. The van der Waals surface area contributed by atoms with Crippen molar-refractivity contribution in [3.8, 4) is 0 Å². The highest BCUT2D eigenvalue weighted by Crippen LogP contribution is 2.29. The zero-order valence-electron chi connectivity index (χ0n) is 16.0. The third-order valence-electron chi connectivity index (χ3n) is 5.80. The van der Waals surface area contributed by atoms with Crippen LogP contribution in [0.15, 0.2) is 60.7 Å². The molecule has 1 aliphatic heterocycles. The maximum Gasteiger partial charge on any atom is 0.0367 e. The predicted molar refractivity (Wildman–Crippen MR) is 108 cm³/mol. The number of benzene rings is 2. The maximum absolute atomic E-state index is 2.67. The van der Waals surface area contributed by atoms with Crippen LogP contribution in [0.5, 0.6) is 0 Å². The van der Waals surface area contributed by atoms with Crippen LogP contribution < -0.4 is 4.90 Å². The van der Waals surface area contributed by atoms with E-state index < -0.39 is 0 Å². The first kappa shape index (κ1) is 18.0. The Kier molecular flexibility index (Phi) is 5.80. The van der Waals surface area contributed by atoms with Crippen LogP contribution >= 0.6 is 0 Å². The van der Waals surface area contributed by atoms with Crippen molar-refractivity contribution < 1.29 is 0 Å². The van der Waals surface area contributed by atoms with Gasteiger partial charge in [0.2, 0.25) is 0 Å². The Balaban J connectivity index is 1.49. The van der Waals surface area contributed by atoms with Gasteiger partial charge in [0.15, 0.2) is 0 Å². The van der Waals surface area contributed by atoms with Crippen LogP contribution in [-0.4, -0.2) is 37.1 Å². The molecule has 2 nitrogen and oxygen atoms in total. The first-order chi connectivity index (χ1) is 12.1. The van der Waals surface area contributed by atoms with Crippen molar-refractivity contribution in [1.29, 1.82) is 0 Å². The zero-order chi connectivity index (χ0) is 17.7. The van der Waals surface area contributed by atoms with E-state index in [2.05, 4.69) is 91.2 Å². The highest BCUT2D eigenvalue weighted by molar-refractivity contribution is 5.46. The quantitative estimate of drug-likeness (QED) is 0.736. The summed E-state index contributed by atoms with van der Waals surface area (Å²) in [5.41, 5.74) is 3.07. The largest absolute Gasteiger partial charge is 0.369 e. The Morgan fingerprint density at radius 2 is 1.40 bits per heavy atom. The SMILES string of the molecule is CC(CCC(C)(C)c1ccccc1)N1CCN(c2ccccc2)CC1. The van der Waals surface area contributed by atoms with Crippen LogP contribution in [0.2, 0.25) is 0 Å². The molecule has 1 saturated heterocycles. The van der Waals surface area contributed by atoms with Gasteiger partial charge in [-0.25, -0.2) is 0 Å². The van der Waals surface area contributed by atoms with Crippen molar-refractivity contribution in [3.05, 3.63) is 66.2 Å². The van der Waals surface area contributed by atoms with Gasteiger partial charge in [0.25, 0.3) is 0 Å². The molecule has 134 valence electrons. The van der Waals surface area contributed by atoms with E-state index in [1.807, 2.05) is 0 Å². The highest BCUT2D eigenvalue weighted by atomic mass is 15.3. The van der Waals surface area contributed by atoms with Gasteiger partial charge in [-0.3, -0.25) is 4.90 Å². The van der Waals surface area contributed by atoms with E-state index in [0.717, 1.165) is 13.1 Å². The molecule has 1 atom stereocenters. The van der Waals surface area contributed by atoms with E-state index in [0.29, 0.717) is 6.04 Å². The van der Waals surface area contributed by atoms with E-state index >= 15 is 0 Å². The third-order valence-corrected chi connectivity index (χ3v) is 5.80. The lowest BCUT2D eigenvalue weighted by Gasteiger charge is -2.40. The van der Waals surface area contributed by atoms with Gasteiger partial charge in [-0.15, -0.1) is 0 Å². The fraction of sp³-hybridized carbons (Fsp3) is 0.478. The van der Waals surface area contributed by atoms with Crippen molar-refractivity contribution in [2.24, 2.45) is 0 Å². The topological polar surface area (TPSA) is 6.48 Å². The molecule has 1 aliphatic rings. The normalized spacial score (nSPS) is 17.5. The Labute approximate surface area is 153 Å². The molecule has 0 aromatic heterocycles. The van der Waals surface area contributed by atoms with Crippen LogP contribution in [0.25, 0.3) is 0 Å². The first-order valence-electron chi connectivity index (χ1n) is 9.66. The summed E-state index contributed by atoms with van der Waals surface area (Å²) in [6.45, 7) is 11.8. The second-order valence-electron chi connectivity index (χ2n) is 8.00. The third kappa shape index (κ3) is 4.64.